The van der Waals surface area contributed by atoms with Crippen LogP contribution in [0.1, 0.15) is 28.6 Å². The molecule has 124 valence electrons. The lowest BCUT2D eigenvalue weighted by atomic mass is 10.1. The maximum Gasteiger partial charge on any atom is 0.185 e. The molecule has 0 atom stereocenters. The lowest BCUT2D eigenvalue weighted by molar-refractivity contribution is 0.104. The number of nitrogens with zero attached hydrogens (tertiary/aromatic N) is 1. The smallest absolute Gasteiger partial charge is 0.185 e. The van der Waals surface area contributed by atoms with Gasteiger partial charge in [-0.05, 0) is 42.5 Å². The largest absolute Gasteiger partial charge is 0.479 e. The standard InChI is InChI=1S/C21H17NO3/c1-2-20-18(17-5-3-4-6-21(17)25-20)11-12-19(23)15-7-9-16(10-8-15)24-14-13-22/h3-12H,2,14H2,1H3/b12-11+. The number of para-hydroxylation sites is 1. The summed E-state index contributed by atoms with van der Waals surface area (Å²) < 4.78 is 11.0. The first-order valence-corrected chi connectivity index (χ1v) is 8.05. The number of aryl methyl sites for hydroxylation is 1. The average molecular weight is 331 g/mol. The first kappa shape index (κ1) is 16.5. The van der Waals surface area contributed by atoms with Gasteiger partial charge in [0.25, 0.3) is 0 Å². The second-order valence-electron chi connectivity index (χ2n) is 5.46. The van der Waals surface area contributed by atoms with Crippen LogP contribution in [0.3, 0.4) is 0 Å². The van der Waals surface area contributed by atoms with E-state index in [1.165, 1.54) is 0 Å². The van der Waals surface area contributed by atoms with E-state index in [2.05, 4.69) is 0 Å². The summed E-state index contributed by atoms with van der Waals surface area (Å²) in [5.41, 5.74) is 2.33. The molecule has 1 aromatic heterocycles. The second-order valence-corrected chi connectivity index (χ2v) is 5.46. The summed E-state index contributed by atoms with van der Waals surface area (Å²) in [5, 5.41) is 9.51. The molecule has 0 N–H and O–H groups in total. The van der Waals surface area contributed by atoms with Crippen molar-refractivity contribution in [3.8, 4) is 11.8 Å². The van der Waals surface area contributed by atoms with Crippen LogP contribution in [0.15, 0.2) is 59.0 Å². The number of hydrogen-bond acceptors (Lipinski definition) is 4. The highest BCUT2D eigenvalue weighted by atomic mass is 16.5. The van der Waals surface area contributed by atoms with Gasteiger partial charge < -0.3 is 9.15 Å². The highest BCUT2D eigenvalue weighted by Gasteiger charge is 2.10. The Labute approximate surface area is 145 Å². The summed E-state index contributed by atoms with van der Waals surface area (Å²) in [4.78, 5) is 12.4. The van der Waals surface area contributed by atoms with E-state index >= 15 is 0 Å². The molecule has 0 aliphatic heterocycles. The predicted octanol–water partition coefficient (Wildman–Crippen LogP) is 4.79. The summed E-state index contributed by atoms with van der Waals surface area (Å²) in [5.74, 6) is 1.33. The Morgan fingerprint density at radius 3 is 2.68 bits per heavy atom. The topological polar surface area (TPSA) is 63.2 Å². The number of carbonyl (C=O) groups is 1. The molecule has 0 spiro atoms. The van der Waals surface area contributed by atoms with Crippen LogP contribution in [0.5, 0.6) is 5.75 Å². The fraction of sp³-hybridized carbons (Fsp3) is 0.143. The van der Waals surface area contributed by atoms with E-state index in [1.54, 1.807) is 30.3 Å². The van der Waals surface area contributed by atoms with Crippen LogP contribution in [0.4, 0.5) is 0 Å². The minimum atomic E-state index is -0.0980. The van der Waals surface area contributed by atoms with Crippen LogP contribution in [0.25, 0.3) is 17.0 Å². The van der Waals surface area contributed by atoms with E-state index in [9.17, 15) is 4.79 Å². The number of ether oxygens (including phenoxy) is 1. The van der Waals surface area contributed by atoms with Crippen molar-refractivity contribution in [3.05, 3.63) is 71.5 Å². The zero-order chi connectivity index (χ0) is 17.6. The summed E-state index contributed by atoms with van der Waals surface area (Å²) in [7, 11) is 0. The van der Waals surface area contributed by atoms with E-state index in [-0.39, 0.29) is 12.4 Å². The van der Waals surface area contributed by atoms with Gasteiger partial charge in [0.1, 0.15) is 23.2 Å². The van der Waals surface area contributed by atoms with E-state index in [0.29, 0.717) is 11.3 Å². The predicted molar refractivity (Wildman–Crippen MR) is 96.5 cm³/mol. The maximum absolute atomic E-state index is 12.4. The lowest BCUT2D eigenvalue weighted by Gasteiger charge is -2.02. The van der Waals surface area contributed by atoms with Gasteiger partial charge in [-0.1, -0.05) is 25.1 Å². The molecule has 0 bridgehead atoms. The summed E-state index contributed by atoms with van der Waals surface area (Å²) in [6, 6.07) is 16.4. The second kappa shape index (κ2) is 7.50. The highest BCUT2D eigenvalue weighted by Crippen LogP contribution is 2.27. The third kappa shape index (κ3) is 3.61. The Bertz CT molecular complexity index is 959. The van der Waals surface area contributed by atoms with Gasteiger partial charge in [-0.25, -0.2) is 0 Å². The number of ketones is 1. The molecule has 2 aromatic carbocycles. The SMILES string of the molecule is CCc1oc2ccccc2c1/C=C/C(=O)c1ccc(OCC#N)cc1. The molecule has 0 amide bonds. The van der Waals surface area contributed by atoms with Crippen molar-refractivity contribution < 1.29 is 13.9 Å². The third-order valence-corrected chi connectivity index (χ3v) is 3.88. The number of hydrogen-bond donors (Lipinski definition) is 0. The fourth-order valence-electron chi connectivity index (χ4n) is 2.65. The van der Waals surface area contributed by atoms with Crippen molar-refractivity contribution in [2.45, 2.75) is 13.3 Å². The molecule has 0 unspecified atom stereocenters. The molecular formula is C21H17NO3. The van der Waals surface area contributed by atoms with Gasteiger partial charge in [0.2, 0.25) is 0 Å². The number of nitriles is 1. The number of allylic oxidation sites excluding steroid dienone is 1. The third-order valence-electron chi connectivity index (χ3n) is 3.88. The Hall–Kier alpha value is -3.32. The van der Waals surface area contributed by atoms with E-state index in [1.807, 2.05) is 43.3 Å². The average Bonchev–Trinajstić information content (AvgIpc) is 3.02. The quantitative estimate of drug-likeness (QED) is 0.481. The van der Waals surface area contributed by atoms with Gasteiger partial charge >= 0.3 is 0 Å². The van der Waals surface area contributed by atoms with Crippen LogP contribution in [-0.4, -0.2) is 12.4 Å². The van der Waals surface area contributed by atoms with Crippen molar-refractivity contribution in [2.75, 3.05) is 6.61 Å². The summed E-state index contributed by atoms with van der Waals surface area (Å²) >= 11 is 0. The van der Waals surface area contributed by atoms with Gasteiger partial charge in [-0.2, -0.15) is 5.26 Å². The minimum Gasteiger partial charge on any atom is -0.479 e. The zero-order valence-electron chi connectivity index (χ0n) is 13.9. The van der Waals surface area contributed by atoms with Crippen molar-refractivity contribution >= 4 is 22.8 Å². The lowest BCUT2D eigenvalue weighted by Crippen LogP contribution is -1.96. The molecule has 3 aromatic rings. The molecule has 0 radical (unpaired) electrons. The van der Waals surface area contributed by atoms with Crippen LogP contribution in [0.2, 0.25) is 0 Å². The van der Waals surface area contributed by atoms with Crippen molar-refractivity contribution in [1.29, 1.82) is 5.26 Å². The van der Waals surface area contributed by atoms with Gasteiger partial charge in [-0.15, -0.1) is 0 Å². The van der Waals surface area contributed by atoms with Crippen LogP contribution < -0.4 is 4.74 Å². The Morgan fingerprint density at radius 1 is 1.20 bits per heavy atom. The van der Waals surface area contributed by atoms with Crippen molar-refractivity contribution in [2.24, 2.45) is 0 Å². The molecule has 1 heterocycles. The van der Waals surface area contributed by atoms with E-state index in [4.69, 9.17) is 14.4 Å². The van der Waals surface area contributed by atoms with Crippen molar-refractivity contribution in [3.63, 3.8) is 0 Å². The normalized spacial score (nSPS) is 10.9. The number of rotatable bonds is 6. The first-order valence-electron chi connectivity index (χ1n) is 8.05. The van der Waals surface area contributed by atoms with Crippen LogP contribution in [-0.2, 0) is 6.42 Å². The maximum atomic E-state index is 12.4. The first-order chi connectivity index (χ1) is 12.2. The summed E-state index contributed by atoms with van der Waals surface area (Å²) in [6.07, 6.45) is 4.13. The fourth-order valence-corrected chi connectivity index (χ4v) is 2.65. The molecule has 0 saturated carbocycles. The van der Waals surface area contributed by atoms with Gasteiger partial charge in [-0.3, -0.25) is 4.79 Å². The number of carbonyl (C=O) groups excluding carboxylic acids is 1. The Kier molecular flexibility index (Phi) is 4.96. The minimum absolute atomic E-state index is 0.0133. The molecular weight excluding hydrogens is 314 g/mol. The van der Waals surface area contributed by atoms with Gasteiger partial charge in [0.05, 0.1) is 0 Å². The van der Waals surface area contributed by atoms with E-state index < -0.39 is 0 Å². The Balaban J connectivity index is 1.82. The molecule has 3 rings (SSSR count). The summed E-state index contributed by atoms with van der Waals surface area (Å²) in [6.45, 7) is 2.01. The Morgan fingerprint density at radius 2 is 1.96 bits per heavy atom. The zero-order valence-corrected chi connectivity index (χ0v) is 13.9. The monoisotopic (exact) mass is 331 g/mol. The van der Waals surface area contributed by atoms with Crippen molar-refractivity contribution in [1.82, 2.24) is 0 Å². The molecule has 4 heteroatoms. The number of fused-ring (bicyclic) bond motifs is 1. The molecule has 25 heavy (non-hydrogen) atoms. The van der Waals surface area contributed by atoms with E-state index in [0.717, 1.165) is 28.7 Å². The number of benzene rings is 2. The molecule has 0 aliphatic carbocycles. The molecule has 0 fully saturated rings. The van der Waals surface area contributed by atoms with Gasteiger partial charge in [0.15, 0.2) is 12.4 Å². The van der Waals surface area contributed by atoms with Crippen LogP contribution >= 0.6 is 0 Å². The van der Waals surface area contributed by atoms with Crippen LogP contribution in [0, 0.1) is 11.3 Å². The number of furan rings is 1. The molecule has 0 aliphatic rings. The molecule has 0 saturated heterocycles. The highest BCUT2D eigenvalue weighted by molar-refractivity contribution is 6.07. The molecule has 4 nitrogen and oxygen atoms in total. The van der Waals surface area contributed by atoms with Gasteiger partial charge in [0, 0.05) is 22.9 Å².